The summed E-state index contributed by atoms with van der Waals surface area (Å²) in [6, 6.07) is 0.133. The van der Waals surface area contributed by atoms with Crippen LogP contribution in [0.2, 0.25) is 0 Å². The molecule has 1 aliphatic carbocycles. The Bertz CT molecular complexity index is 232. The summed E-state index contributed by atoms with van der Waals surface area (Å²) < 4.78 is 5.75. The highest BCUT2D eigenvalue weighted by Crippen LogP contribution is 2.24. The fourth-order valence-corrected chi connectivity index (χ4v) is 2.25. The van der Waals surface area contributed by atoms with Crippen molar-refractivity contribution >= 4 is 5.91 Å². The largest absolute Gasteiger partial charge is 0.363 e. The molecule has 2 fully saturated rings. The zero-order valence-corrected chi connectivity index (χ0v) is 8.61. The van der Waals surface area contributed by atoms with Crippen molar-refractivity contribution in [2.75, 3.05) is 13.6 Å². The van der Waals surface area contributed by atoms with E-state index in [0.717, 1.165) is 32.2 Å². The molecule has 2 N–H and O–H groups in total. The molecule has 1 heterocycles. The van der Waals surface area contributed by atoms with Crippen LogP contribution in [0.3, 0.4) is 0 Å². The summed E-state index contributed by atoms with van der Waals surface area (Å²) in [7, 11) is 1.82. The summed E-state index contributed by atoms with van der Waals surface area (Å²) in [6.07, 6.45) is 3.86. The lowest BCUT2D eigenvalue weighted by atomic mass is 10.2. The Hall–Kier alpha value is -0.610. The maximum atomic E-state index is 11.6. The number of ether oxygens (including phenoxy) is 1. The lowest BCUT2D eigenvalue weighted by molar-refractivity contribution is -0.139. The Morgan fingerprint density at radius 2 is 2.21 bits per heavy atom. The molecule has 0 aromatic rings. The summed E-state index contributed by atoms with van der Waals surface area (Å²) in [5.74, 6) is 0.115. The third kappa shape index (κ3) is 1.77. The number of rotatable bonds is 2. The average molecular weight is 198 g/mol. The van der Waals surface area contributed by atoms with Gasteiger partial charge in [-0.05, 0) is 19.3 Å². The Labute approximate surface area is 84.4 Å². The maximum Gasteiger partial charge on any atom is 0.251 e. The topological polar surface area (TPSA) is 55.6 Å². The first kappa shape index (κ1) is 9.93. The van der Waals surface area contributed by atoms with E-state index in [2.05, 4.69) is 0 Å². The minimum absolute atomic E-state index is 0.107. The normalized spacial score (nSPS) is 38.3. The molecule has 1 saturated heterocycles. The highest BCUT2D eigenvalue weighted by atomic mass is 16.5. The van der Waals surface area contributed by atoms with Gasteiger partial charge in [0.25, 0.3) is 5.91 Å². The van der Waals surface area contributed by atoms with Crippen LogP contribution < -0.4 is 5.73 Å². The van der Waals surface area contributed by atoms with Crippen molar-refractivity contribution < 1.29 is 9.53 Å². The van der Waals surface area contributed by atoms with Gasteiger partial charge in [0, 0.05) is 26.1 Å². The van der Waals surface area contributed by atoms with E-state index in [4.69, 9.17) is 10.5 Å². The minimum atomic E-state index is -0.228. The van der Waals surface area contributed by atoms with Gasteiger partial charge in [0.05, 0.1) is 6.10 Å². The highest BCUT2D eigenvalue weighted by molar-refractivity contribution is 5.82. The smallest absolute Gasteiger partial charge is 0.251 e. The third-order valence-corrected chi connectivity index (χ3v) is 3.22. The second-order valence-electron chi connectivity index (χ2n) is 4.31. The molecule has 0 bridgehead atoms. The minimum Gasteiger partial charge on any atom is -0.363 e. The van der Waals surface area contributed by atoms with Gasteiger partial charge in [-0.1, -0.05) is 0 Å². The molecule has 4 nitrogen and oxygen atoms in total. The third-order valence-electron chi connectivity index (χ3n) is 3.22. The standard InChI is InChI=1S/C10H18N2O2/c1-12-6-5-9(10(12)13)14-8-4-2-3-7(8)11/h7-9H,2-6,11H2,1H3. The van der Waals surface area contributed by atoms with Gasteiger partial charge >= 0.3 is 0 Å². The predicted octanol–water partition coefficient (Wildman–Crippen LogP) is 0.113. The second kappa shape index (κ2) is 3.87. The van der Waals surface area contributed by atoms with E-state index in [1.54, 1.807) is 4.90 Å². The van der Waals surface area contributed by atoms with Crippen molar-refractivity contribution in [3.05, 3.63) is 0 Å². The van der Waals surface area contributed by atoms with Gasteiger partial charge in [-0.3, -0.25) is 4.79 Å². The van der Waals surface area contributed by atoms with Crippen molar-refractivity contribution in [1.29, 1.82) is 0 Å². The van der Waals surface area contributed by atoms with E-state index in [1.807, 2.05) is 7.05 Å². The average Bonchev–Trinajstić information content (AvgIpc) is 2.68. The monoisotopic (exact) mass is 198 g/mol. The first-order valence-electron chi connectivity index (χ1n) is 5.34. The van der Waals surface area contributed by atoms with Gasteiger partial charge in [0.1, 0.15) is 6.10 Å². The van der Waals surface area contributed by atoms with Crippen molar-refractivity contribution in [3.63, 3.8) is 0 Å². The summed E-state index contributed by atoms with van der Waals surface area (Å²) >= 11 is 0. The van der Waals surface area contributed by atoms with Crippen LogP contribution in [0, 0.1) is 0 Å². The Balaban J connectivity index is 1.88. The number of likely N-dealkylation sites (tertiary alicyclic amines) is 1. The number of carbonyl (C=O) groups is 1. The van der Waals surface area contributed by atoms with Gasteiger partial charge < -0.3 is 15.4 Å². The molecular weight excluding hydrogens is 180 g/mol. The number of nitrogens with zero attached hydrogens (tertiary/aromatic N) is 1. The molecule has 1 amide bonds. The van der Waals surface area contributed by atoms with Crippen LogP contribution in [0.5, 0.6) is 0 Å². The van der Waals surface area contributed by atoms with E-state index < -0.39 is 0 Å². The van der Waals surface area contributed by atoms with Crippen LogP contribution >= 0.6 is 0 Å². The van der Waals surface area contributed by atoms with Crippen molar-refractivity contribution in [2.24, 2.45) is 5.73 Å². The Morgan fingerprint density at radius 1 is 1.43 bits per heavy atom. The fraction of sp³-hybridized carbons (Fsp3) is 0.900. The first-order chi connectivity index (χ1) is 6.68. The van der Waals surface area contributed by atoms with E-state index in [1.165, 1.54) is 0 Å². The first-order valence-corrected chi connectivity index (χ1v) is 5.34. The predicted molar refractivity (Wildman–Crippen MR) is 52.7 cm³/mol. The summed E-state index contributed by atoms with van der Waals surface area (Å²) in [6.45, 7) is 0.811. The van der Waals surface area contributed by atoms with Crippen LogP contribution in [0.15, 0.2) is 0 Å². The summed E-state index contributed by atoms with van der Waals surface area (Å²) in [4.78, 5) is 13.3. The molecule has 0 radical (unpaired) electrons. The molecule has 2 aliphatic rings. The zero-order valence-electron chi connectivity index (χ0n) is 8.61. The molecule has 3 unspecified atom stereocenters. The number of hydrogen-bond donors (Lipinski definition) is 1. The van der Waals surface area contributed by atoms with Gasteiger partial charge in [0.2, 0.25) is 0 Å². The summed E-state index contributed by atoms with van der Waals surface area (Å²) in [5, 5.41) is 0. The van der Waals surface area contributed by atoms with E-state index >= 15 is 0 Å². The molecule has 80 valence electrons. The van der Waals surface area contributed by atoms with Crippen molar-refractivity contribution in [1.82, 2.24) is 4.90 Å². The molecule has 0 aromatic carbocycles. The quantitative estimate of drug-likeness (QED) is 0.685. The molecular formula is C10H18N2O2. The van der Waals surface area contributed by atoms with Crippen molar-refractivity contribution in [3.8, 4) is 0 Å². The highest BCUT2D eigenvalue weighted by Gasteiger charge is 2.35. The van der Waals surface area contributed by atoms with Crippen LogP contribution in [0.1, 0.15) is 25.7 Å². The maximum absolute atomic E-state index is 11.6. The van der Waals surface area contributed by atoms with Crippen LogP contribution in [0.25, 0.3) is 0 Å². The summed E-state index contributed by atoms with van der Waals surface area (Å²) in [5.41, 5.74) is 5.89. The van der Waals surface area contributed by atoms with Crippen LogP contribution in [-0.2, 0) is 9.53 Å². The number of nitrogens with two attached hydrogens (primary N) is 1. The van der Waals surface area contributed by atoms with E-state index in [-0.39, 0.29) is 24.2 Å². The second-order valence-corrected chi connectivity index (χ2v) is 4.31. The van der Waals surface area contributed by atoms with Crippen LogP contribution in [0.4, 0.5) is 0 Å². The molecule has 4 heteroatoms. The molecule has 0 aromatic heterocycles. The number of carbonyl (C=O) groups excluding carboxylic acids is 1. The lowest BCUT2D eigenvalue weighted by Gasteiger charge is -2.20. The van der Waals surface area contributed by atoms with Gasteiger partial charge in [-0.2, -0.15) is 0 Å². The SMILES string of the molecule is CN1CCC(OC2CCCC2N)C1=O. The van der Waals surface area contributed by atoms with Gasteiger partial charge in [0.15, 0.2) is 0 Å². The Morgan fingerprint density at radius 3 is 2.71 bits per heavy atom. The molecule has 14 heavy (non-hydrogen) atoms. The van der Waals surface area contributed by atoms with E-state index in [9.17, 15) is 4.79 Å². The molecule has 1 aliphatic heterocycles. The number of hydrogen-bond acceptors (Lipinski definition) is 3. The van der Waals surface area contributed by atoms with Gasteiger partial charge in [-0.25, -0.2) is 0 Å². The molecule has 2 rings (SSSR count). The zero-order chi connectivity index (χ0) is 10.1. The number of likely N-dealkylation sites (N-methyl/N-ethyl adjacent to an activating group) is 1. The Kier molecular flexibility index (Phi) is 2.74. The van der Waals surface area contributed by atoms with Crippen molar-refractivity contribution in [2.45, 2.75) is 43.9 Å². The molecule has 0 spiro atoms. The molecule has 3 atom stereocenters. The molecule has 1 saturated carbocycles. The van der Waals surface area contributed by atoms with E-state index in [0.29, 0.717) is 0 Å². The van der Waals surface area contributed by atoms with Gasteiger partial charge in [-0.15, -0.1) is 0 Å². The van der Waals surface area contributed by atoms with Crippen LogP contribution in [-0.4, -0.2) is 42.6 Å². The fourth-order valence-electron chi connectivity index (χ4n) is 2.25. The number of amides is 1. The lowest BCUT2D eigenvalue weighted by Crippen LogP contribution is -2.37.